The number of carbonyl (C=O) groups excluding carboxylic acids is 1. The van der Waals surface area contributed by atoms with Gasteiger partial charge in [0.15, 0.2) is 0 Å². The van der Waals surface area contributed by atoms with E-state index in [2.05, 4.69) is 10.3 Å². The molecule has 27 heavy (non-hydrogen) atoms. The molecule has 1 amide bonds. The van der Waals surface area contributed by atoms with Crippen molar-refractivity contribution in [3.8, 4) is 0 Å². The lowest BCUT2D eigenvalue weighted by Gasteiger charge is -2.42. The van der Waals surface area contributed by atoms with Gasteiger partial charge in [-0.2, -0.15) is 0 Å². The molecule has 0 bridgehead atoms. The van der Waals surface area contributed by atoms with Crippen LogP contribution in [0.25, 0.3) is 0 Å². The van der Waals surface area contributed by atoms with Gasteiger partial charge in [0, 0.05) is 43.5 Å². The number of anilines is 1. The zero-order valence-corrected chi connectivity index (χ0v) is 15.6. The van der Waals surface area contributed by atoms with Crippen LogP contribution in [-0.2, 0) is 4.79 Å². The Labute approximate surface area is 159 Å². The molecule has 0 aromatic carbocycles. The van der Waals surface area contributed by atoms with Gasteiger partial charge in [-0.15, -0.1) is 0 Å². The molecule has 2 fully saturated rings. The second-order valence-corrected chi connectivity index (χ2v) is 8.21. The first-order valence-corrected chi connectivity index (χ1v) is 9.96. The number of hydrogen-bond donors (Lipinski definition) is 2. The lowest BCUT2D eigenvalue weighted by molar-refractivity contribution is -0.136. The monoisotopic (exact) mass is 405 g/mol. The number of pyridine rings is 1. The summed E-state index contributed by atoms with van der Waals surface area (Å²) in [4.78, 5) is 16.8. The predicted molar refractivity (Wildman–Crippen MR) is 95.6 cm³/mol. The third-order valence-corrected chi connectivity index (χ3v) is 6.17. The zero-order valence-electron chi connectivity index (χ0n) is 14.8. The lowest BCUT2D eigenvalue weighted by atomic mass is 9.66. The minimum Gasteiger partial charge on any atom is -0.326 e. The van der Waals surface area contributed by atoms with E-state index in [1.54, 1.807) is 12.1 Å². The minimum absolute atomic E-state index is 0.121. The van der Waals surface area contributed by atoms with Crippen molar-refractivity contribution in [1.82, 2.24) is 4.98 Å². The quantitative estimate of drug-likeness (QED) is 0.554. The molecule has 9 heteroatoms. The molecular formula is C18H23F4N3OS. The van der Waals surface area contributed by atoms with Crippen LogP contribution in [0.4, 0.5) is 23.2 Å². The first kappa shape index (κ1) is 20.4. The van der Waals surface area contributed by atoms with Crippen molar-refractivity contribution in [2.24, 2.45) is 22.9 Å². The van der Waals surface area contributed by atoms with E-state index in [9.17, 15) is 22.4 Å². The molecule has 1 aromatic rings. The highest BCUT2D eigenvalue weighted by atomic mass is 32.2. The van der Waals surface area contributed by atoms with Gasteiger partial charge in [-0.05, 0) is 55.2 Å². The van der Waals surface area contributed by atoms with Crippen LogP contribution in [0.15, 0.2) is 23.4 Å². The molecule has 150 valence electrons. The van der Waals surface area contributed by atoms with Gasteiger partial charge >= 0.3 is 0 Å². The highest BCUT2D eigenvalue weighted by Crippen LogP contribution is 2.49. The maximum Gasteiger partial charge on any atom is 0.248 e. The van der Waals surface area contributed by atoms with Gasteiger partial charge < -0.3 is 5.32 Å². The van der Waals surface area contributed by atoms with Gasteiger partial charge in [0.2, 0.25) is 17.8 Å². The summed E-state index contributed by atoms with van der Waals surface area (Å²) in [5.74, 6) is -7.40. The molecule has 3 rings (SSSR count). The van der Waals surface area contributed by atoms with Crippen molar-refractivity contribution in [3.05, 3.63) is 18.3 Å². The normalized spacial score (nSPS) is 27.9. The van der Waals surface area contributed by atoms with Crippen LogP contribution in [0, 0.1) is 17.8 Å². The van der Waals surface area contributed by atoms with E-state index in [0.29, 0.717) is 10.7 Å². The fraction of sp³-hybridized carbons (Fsp3) is 0.667. The van der Waals surface area contributed by atoms with Crippen LogP contribution < -0.4 is 10.5 Å². The van der Waals surface area contributed by atoms with Gasteiger partial charge in [0.25, 0.3) is 0 Å². The van der Waals surface area contributed by atoms with Crippen LogP contribution in [0.1, 0.15) is 44.9 Å². The number of amides is 1. The van der Waals surface area contributed by atoms with E-state index < -0.39 is 30.1 Å². The third-order valence-electron chi connectivity index (χ3n) is 5.71. The Kier molecular flexibility index (Phi) is 6.00. The minimum atomic E-state index is -2.91. The average molecular weight is 405 g/mol. The summed E-state index contributed by atoms with van der Waals surface area (Å²) in [5.41, 5.74) is 0.436. The van der Waals surface area contributed by atoms with Crippen molar-refractivity contribution in [3.63, 3.8) is 0 Å². The number of nitrogens with zero attached hydrogens (tertiary/aromatic N) is 1. The molecule has 2 aliphatic rings. The van der Waals surface area contributed by atoms with Crippen molar-refractivity contribution in [2.45, 2.75) is 61.8 Å². The number of rotatable bonds is 4. The van der Waals surface area contributed by atoms with Crippen LogP contribution in [0.3, 0.4) is 0 Å². The third kappa shape index (κ3) is 5.13. The molecule has 0 aliphatic heterocycles. The second-order valence-electron chi connectivity index (χ2n) is 7.55. The first-order chi connectivity index (χ1) is 12.7. The number of halogens is 4. The highest BCUT2D eigenvalue weighted by Gasteiger charge is 2.48. The SMILES string of the molecule is NSc1cc(NC(=O)[C@@H]2CC(F)(F)CCC2C2CCC(F)(F)CC2)ccn1. The van der Waals surface area contributed by atoms with E-state index in [1.807, 2.05) is 0 Å². The number of hydrogen-bond acceptors (Lipinski definition) is 4. The van der Waals surface area contributed by atoms with E-state index in [-0.39, 0.29) is 50.4 Å². The number of aromatic nitrogens is 1. The number of carbonyl (C=O) groups is 1. The molecule has 1 heterocycles. The first-order valence-electron chi connectivity index (χ1n) is 9.08. The smallest absolute Gasteiger partial charge is 0.248 e. The molecule has 0 saturated heterocycles. The largest absolute Gasteiger partial charge is 0.326 e. The van der Waals surface area contributed by atoms with Crippen LogP contribution in [0.5, 0.6) is 0 Å². The molecule has 1 unspecified atom stereocenters. The topological polar surface area (TPSA) is 68.0 Å². The summed E-state index contributed by atoms with van der Waals surface area (Å²) in [5, 5.41) is 8.62. The Morgan fingerprint density at radius 2 is 1.81 bits per heavy atom. The Morgan fingerprint density at radius 3 is 2.48 bits per heavy atom. The van der Waals surface area contributed by atoms with Gasteiger partial charge in [-0.1, -0.05) is 0 Å². The number of nitrogens with two attached hydrogens (primary N) is 1. The van der Waals surface area contributed by atoms with Crippen molar-refractivity contribution in [2.75, 3.05) is 5.32 Å². The highest BCUT2D eigenvalue weighted by molar-refractivity contribution is 7.97. The molecular weight excluding hydrogens is 382 g/mol. The summed E-state index contributed by atoms with van der Waals surface area (Å²) in [6.07, 6.45) is 0.896. The summed E-state index contributed by atoms with van der Waals surface area (Å²) < 4.78 is 54.9. The van der Waals surface area contributed by atoms with Crippen molar-refractivity contribution < 1.29 is 22.4 Å². The van der Waals surface area contributed by atoms with Gasteiger partial charge in [0.1, 0.15) is 5.03 Å². The summed E-state index contributed by atoms with van der Waals surface area (Å²) in [6.45, 7) is 0. The maximum absolute atomic E-state index is 14.0. The lowest BCUT2D eigenvalue weighted by Crippen LogP contribution is -2.43. The van der Waals surface area contributed by atoms with Gasteiger partial charge in [-0.3, -0.25) is 9.93 Å². The Morgan fingerprint density at radius 1 is 1.15 bits per heavy atom. The van der Waals surface area contributed by atoms with E-state index in [1.165, 1.54) is 6.20 Å². The number of alkyl halides is 4. The van der Waals surface area contributed by atoms with Crippen LogP contribution in [-0.4, -0.2) is 22.7 Å². The van der Waals surface area contributed by atoms with Crippen molar-refractivity contribution >= 4 is 23.5 Å². The zero-order chi connectivity index (χ0) is 19.7. The Bertz CT molecular complexity index is 678. The second kappa shape index (κ2) is 7.95. The summed E-state index contributed by atoms with van der Waals surface area (Å²) in [6, 6.07) is 3.13. The van der Waals surface area contributed by atoms with Crippen molar-refractivity contribution in [1.29, 1.82) is 0 Å². The molecule has 0 spiro atoms. The van der Waals surface area contributed by atoms with E-state index in [0.717, 1.165) is 11.9 Å². The molecule has 1 aromatic heterocycles. The standard InChI is InChI=1S/C18H23F4N3OS/c19-17(20)5-1-11(2-6-17)13-3-7-18(21,22)10-14(13)16(26)25-12-4-8-24-15(9-12)27-23/h4,8-9,11,13-14H,1-3,5-7,10,23H2,(H,24,25,26)/t13?,14-/m1/s1. The maximum atomic E-state index is 14.0. The average Bonchev–Trinajstić information content (AvgIpc) is 2.61. The van der Waals surface area contributed by atoms with Crippen LogP contribution >= 0.6 is 11.9 Å². The fourth-order valence-electron chi connectivity index (χ4n) is 4.28. The molecule has 0 radical (unpaired) electrons. The summed E-state index contributed by atoms with van der Waals surface area (Å²) in [7, 11) is 0. The molecule has 3 N–H and O–H groups in total. The number of nitrogens with one attached hydrogen (secondary N) is 1. The summed E-state index contributed by atoms with van der Waals surface area (Å²) >= 11 is 0.915. The molecule has 2 atom stereocenters. The van der Waals surface area contributed by atoms with E-state index >= 15 is 0 Å². The molecule has 2 saturated carbocycles. The van der Waals surface area contributed by atoms with E-state index in [4.69, 9.17) is 5.14 Å². The van der Waals surface area contributed by atoms with Crippen LogP contribution in [0.2, 0.25) is 0 Å². The fourth-order valence-corrected chi connectivity index (χ4v) is 4.60. The Hall–Kier alpha value is -1.35. The molecule has 2 aliphatic carbocycles. The molecule has 4 nitrogen and oxygen atoms in total. The van der Waals surface area contributed by atoms with Gasteiger partial charge in [0.05, 0.1) is 0 Å². The predicted octanol–water partition coefficient (Wildman–Crippen LogP) is 4.86. The Balaban J connectivity index is 1.74. The van der Waals surface area contributed by atoms with Gasteiger partial charge in [-0.25, -0.2) is 22.5 Å².